The molecule has 0 aliphatic carbocycles. The molecular formula is C18H32O16. The lowest BCUT2D eigenvalue weighted by Gasteiger charge is -2.46. The van der Waals surface area contributed by atoms with E-state index < -0.39 is 106 Å². The zero-order valence-electron chi connectivity index (χ0n) is 17.7. The average molecular weight is 504 g/mol. The van der Waals surface area contributed by atoms with Gasteiger partial charge in [-0.2, -0.15) is 0 Å². The summed E-state index contributed by atoms with van der Waals surface area (Å²) in [7, 11) is 0. The van der Waals surface area contributed by atoms with Gasteiger partial charge in [-0.15, -0.1) is 0 Å². The fourth-order valence-electron chi connectivity index (χ4n) is 3.52. The molecule has 2 aliphatic heterocycles. The standard InChI is InChI=1S/C18H32O16/c19-1-5(23)9(24)10(25)6(2-20)32-18-16(14(29)12(27)8(4-22)33-18)34-17-15(30)13(28)11(26)7(3-21)31-17/h2,5-19,21-30H,1,3-4H2/t5-,6+,7-,8-,9-,10-,11-,12-,13+,14+,15-,16-,17-,18+/m1/s1. The number of rotatable bonds is 11. The summed E-state index contributed by atoms with van der Waals surface area (Å²) < 4.78 is 21.1. The van der Waals surface area contributed by atoms with Crippen molar-refractivity contribution < 1.29 is 79.9 Å². The lowest BCUT2D eigenvalue weighted by atomic mass is 9.97. The lowest BCUT2D eigenvalue weighted by molar-refractivity contribution is -0.372. The maximum Gasteiger partial charge on any atom is 0.188 e. The molecule has 0 bridgehead atoms. The van der Waals surface area contributed by atoms with Gasteiger partial charge in [0.2, 0.25) is 0 Å². The van der Waals surface area contributed by atoms with Gasteiger partial charge in [-0.25, -0.2) is 0 Å². The first kappa shape index (κ1) is 29.3. The van der Waals surface area contributed by atoms with Crippen LogP contribution in [0.2, 0.25) is 0 Å². The van der Waals surface area contributed by atoms with Crippen molar-refractivity contribution in [1.29, 1.82) is 0 Å². The topological polar surface area (TPSA) is 277 Å². The first-order valence-corrected chi connectivity index (χ1v) is 10.4. The molecule has 16 nitrogen and oxygen atoms in total. The van der Waals surface area contributed by atoms with Crippen LogP contribution in [0.15, 0.2) is 0 Å². The van der Waals surface area contributed by atoms with Crippen molar-refractivity contribution in [3.63, 3.8) is 0 Å². The van der Waals surface area contributed by atoms with Crippen LogP contribution in [0, 0.1) is 0 Å². The maximum atomic E-state index is 11.5. The molecule has 0 radical (unpaired) electrons. The van der Waals surface area contributed by atoms with E-state index in [0.29, 0.717) is 0 Å². The Balaban J connectivity index is 2.26. The Morgan fingerprint density at radius 1 is 0.735 bits per heavy atom. The van der Waals surface area contributed by atoms with Gasteiger partial charge >= 0.3 is 0 Å². The molecule has 0 aromatic heterocycles. The van der Waals surface area contributed by atoms with Crippen molar-refractivity contribution in [3.05, 3.63) is 0 Å². The SMILES string of the molecule is O=C[C@H](O[C@H]1O[C@H](CO)[C@@H](O)[C@H](O)[C@H]1O[C@H]1O[C@H](CO)[C@@H](O)[C@H](O)[C@H]1O)[C@@H](O)[C@H](O)[C@H](O)CO. The van der Waals surface area contributed by atoms with E-state index in [0.717, 1.165) is 0 Å². The van der Waals surface area contributed by atoms with Gasteiger partial charge in [-0.1, -0.05) is 0 Å². The van der Waals surface area contributed by atoms with E-state index in [1.807, 2.05) is 0 Å². The number of aliphatic hydroxyl groups excluding tert-OH is 11. The smallest absolute Gasteiger partial charge is 0.188 e. The number of ether oxygens (including phenoxy) is 4. The molecule has 0 unspecified atom stereocenters. The summed E-state index contributed by atoms with van der Waals surface area (Å²) in [5.74, 6) is 0. The van der Waals surface area contributed by atoms with E-state index in [4.69, 9.17) is 24.1 Å². The van der Waals surface area contributed by atoms with Gasteiger partial charge < -0.3 is 79.9 Å². The molecule has 16 heteroatoms. The van der Waals surface area contributed by atoms with Gasteiger partial charge in [0, 0.05) is 0 Å². The van der Waals surface area contributed by atoms with Crippen LogP contribution >= 0.6 is 0 Å². The van der Waals surface area contributed by atoms with E-state index in [-0.39, 0.29) is 6.29 Å². The highest BCUT2D eigenvalue weighted by molar-refractivity contribution is 5.57. The third kappa shape index (κ3) is 6.25. The Labute approximate surface area is 192 Å². The summed E-state index contributed by atoms with van der Waals surface area (Å²) in [6.07, 6.45) is -25.6. The predicted octanol–water partition coefficient (Wildman–Crippen LogP) is -7.73. The first-order valence-electron chi connectivity index (χ1n) is 10.4. The molecular weight excluding hydrogens is 472 g/mol. The van der Waals surface area contributed by atoms with Crippen molar-refractivity contribution >= 4 is 6.29 Å². The molecule has 2 fully saturated rings. The molecule has 0 aromatic rings. The summed E-state index contributed by atoms with van der Waals surface area (Å²) >= 11 is 0. The Morgan fingerprint density at radius 2 is 1.26 bits per heavy atom. The van der Waals surface area contributed by atoms with Gasteiger partial charge in [0.1, 0.15) is 73.2 Å². The second kappa shape index (κ2) is 12.9. The van der Waals surface area contributed by atoms with E-state index in [9.17, 15) is 55.9 Å². The number of hydrogen-bond donors (Lipinski definition) is 11. The first-order chi connectivity index (χ1) is 16.0. The Hall–Kier alpha value is -0.930. The van der Waals surface area contributed by atoms with Gasteiger partial charge in [0.05, 0.1) is 19.8 Å². The molecule has 0 spiro atoms. The largest absolute Gasteiger partial charge is 0.394 e. The molecule has 34 heavy (non-hydrogen) atoms. The quantitative estimate of drug-likeness (QED) is 0.117. The summed E-state index contributed by atoms with van der Waals surface area (Å²) in [4.78, 5) is 11.5. The fourth-order valence-corrected chi connectivity index (χ4v) is 3.52. The molecule has 2 aliphatic rings. The van der Waals surface area contributed by atoms with Gasteiger partial charge in [0.25, 0.3) is 0 Å². The molecule has 2 heterocycles. The molecule has 0 amide bonds. The zero-order valence-corrected chi connectivity index (χ0v) is 17.7. The molecule has 0 aromatic carbocycles. The van der Waals surface area contributed by atoms with Crippen LogP contribution < -0.4 is 0 Å². The lowest BCUT2D eigenvalue weighted by Crippen LogP contribution is -2.65. The molecule has 2 saturated heterocycles. The third-order valence-corrected chi connectivity index (χ3v) is 5.66. The van der Waals surface area contributed by atoms with Crippen LogP contribution in [0.3, 0.4) is 0 Å². The maximum absolute atomic E-state index is 11.5. The van der Waals surface area contributed by atoms with Crippen LogP contribution in [0.25, 0.3) is 0 Å². The molecule has 0 saturated carbocycles. The highest BCUT2D eigenvalue weighted by Gasteiger charge is 2.51. The molecule has 11 N–H and O–H groups in total. The number of hydrogen-bond acceptors (Lipinski definition) is 16. The summed E-state index contributed by atoms with van der Waals surface area (Å²) in [6, 6.07) is 0. The number of aldehydes is 1. The average Bonchev–Trinajstić information content (AvgIpc) is 2.84. The van der Waals surface area contributed by atoms with E-state index in [1.54, 1.807) is 0 Å². The number of carbonyl (C=O) groups is 1. The van der Waals surface area contributed by atoms with Crippen LogP contribution in [-0.2, 0) is 23.7 Å². The van der Waals surface area contributed by atoms with Crippen LogP contribution in [0.5, 0.6) is 0 Å². The van der Waals surface area contributed by atoms with Gasteiger partial charge in [-0.3, -0.25) is 0 Å². The van der Waals surface area contributed by atoms with Crippen molar-refractivity contribution in [1.82, 2.24) is 0 Å². The Morgan fingerprint density at radius 3 is 1.76 bits per heavy atom. The van der Waals surface area contributed by atoms with Crippen molar-refractivity contribution in [2.45, 2.75) is 85.8 Å². The Bertz CT molecular complexity index is 623. The second-order valence-corrected chi connectivity index (χ2v) is 7.97. The second-order valence-electron chi connectivity index (χ2n) is 7.97. The number of aliphatic hydroxyl groups is 11. The minimum absolute atomic E-state index is 0.00235. The zero-order chi connectivity index (χ0) is 25.7. The predicted molar refractivity (Wildman–Crippen MR) is 102 cm³/mol. The van der Waals surface area contributed by atoms with E-state index >= 15 is 0 Å². The minimum Gasteiger partial charge on any atom is -0.394 e. The van der Waals surface area contributed by atoms with Crippen molar-refractivity contribution in [2.24, 2.45) is 0 Å². The normalized spacial score (nSPS) is 42.6. The molecule has 200 valence electrons. The molecule has 2 rings (SSSR count). The van der Waals surface area contributed by atoms with Crippen molar-refractivity contribution in [3.8, 4) is 0 Å². The van der Waals surface area contributed by atoms with Crippen LogP contribution in [0.1, 0.15) is 0 Å². The van der Waals surface area contributed by atoms with E-state index in [1.165, 1.54) is 0 Å². The van der Waals surface area contributed by atoms with Crippen molar-refractivity contribution in [2.75, 3.05) is 19.8 Å². The van der Waals surface area contributed by atoms with Gasteiger partial charge in [-0.05, 0) is 0 Å². The number of carbonyl (C=O) groups excluding carboxylic acids is 1. The highest BCUT2D eigenvalue weighted by Crippen LogP contribution is 2.30. The monoisotopic (exact) mass is 504 g/mol. The highest BCUT2D eigenvalue weighted by atomic mass is 16.8. The fraction of sp³-hybridized carbons (Fsp3) is 0.944. The Kier molecular flexibility index (Phi) is 11.1. The minimum atomic E-state index is -2.12. The van der Waals surface area contributed by atoms with Crippen LogP contribution in [-0.4, -0.2) is 168 Å². The summed E-state index contributed by atoms with van der Waals surface area (Å²) in [5.41, 5.74) is 0. The molecule has 14 atom stereocenters. The van der Waals surface area contributed by atoms with Crippen LogP contribution in [0.4, 0.5) is 0 Å². The summed E-state index contributed by atoms with van der Waals surface area (Å²) in [5, 5.41) is 108. The van der Waals surface area contributed by atoms with Gasteiger partial charge in [0.15, 0.2) is 18.9 Å². The van der Waals surface area contributed by atoms with E-state index in [2.05, 4.69) is 0 Å². The third-order valence-electron chi connectivity index (χ3n) is 5.66. The summed E-state index contributed by atoms with van der Waals surface area (Å²) in [6.45, 7) is -2.61.